The molecule has 0 spiro atoms. The summed E-state index contributed by atoms with van der Waals surface area (Å²) in [6.45, 7) is 7.81. The monoisotopic (exact) mass is 633 g/mol. The van der Waals surface area contributed by atoms with Crippen molar-refractivity contribution in [2.75, 3.05) is 29.9 Å². The summed E-state index contributed by atoms with van der Waals surface area (Å²) < 4.78 is 14.4. The summed E-state index contributed by atoms with van der Waals surface area (Å²) in [6.07, 6.45) is -0.156. The van der Waals surface area contributed by atoms with Crippen LogP contribution in [0.1, 0.15) is 57.6 Å². The molecule has 3 aromatic carbocycles. The zero-order chi connectivity index (χ0) is 33.4. The van der Waals surface area contributed by atoms with Crippen molar-refractivity contribution in [1.29, 1.82) is 0 Å². The van der Waals surface area contributed by atoms with E-state index in [4.69, 9.17) is 5.11 Å². The number of halogens is 1. The van der Waals surface area contributed by atoms with E-state index >= 15 is 0 Å². The van der Waals surface area contributed by atoms with Crippen LogP contribution in [-0.4, -0.2) is 65.4 Å². The molecule has 0 saturated carbocycles. The second-order valence-corrected chi connectivity index (χ2v) is 12.5. The number of aliphatic hydroxyl groups excluding tert-OH is 2. The third-order valence-electron chi connectivity index (χ3n) is 7.96. The predicted molar refractivity (Wildman–Crippen MR) is 177 cm³/mol. The number of urea groups is 1. The number of fused-ring (bicyclic) bond motifs is 1. The highest BCUT2D eigenvalue weighted by molar-refractivity contribution is 6.01. The summed E-state index contributed by atoms with van der Waals surface area (Å²) >= 11 is 0. The molecule has 46 heavy (non-hydrogen) atoms. The Balaban J connectivity index is 1.56. The number of aliphatic hydroxyl groups is 2. The predicted octanol–water partition coefficient (Wildman–Crippen LogP) is 4.27. The number of nitrogens with zero attached hydrogens (tertiary/aromatic N) is 1. The molecule has 4 amide bonds. The standard InChI is InChI=1S/C35H44FN5O5/c1-22-17-30(39-32(44)19-35(3,4)38-20-23(2)43)33(45)41(31-14-13-26(36)18-28(22)31)21-24-9-11-25(12-10-24)27-7-5-6-8-29(27)40-34(46)37-15-16-42/h5-14,18,22-23,30,38,42-43H,15-17,19-21H2,1-4H3,(H,39,44)(H2,37,40,46). The third kappa shape index (κ3) is 9.12. The van der Waals surface area contributed by atoms with Gasteiger partial charge in [0.2, 0.25) is 11.8 Å². The van der Waals surface area contributed by atoms with Crippen molar-refractivity contribution < 1.29 is 29.0 Å². The lowest BCUT2D eigenvalue weighted by Crippen LogP contribution is -2.51. The molecule has 246 valence electrons. The van der Waals surface area contributed by atoms with Crippen LogP contribution in [0.5, 0.6) is 0 Å². The molecule has 11 heteroatoms. The van der Waals surface area contributed by atoms with E-state index in [0.717, 1.165) is 16.7 Å². The molecule has 3 atom stereocenters. The molecule has 0 radical (unpaired) electrons. The topological polar surface area (TPSA) is 143 Å². The first kappa shape index (κ1) is 34.6. The smallest absolute Gasteiger partial charge is 0.319 e. The van der Waals surface area contributed by atoms with Crippen molar-refractivity contribution in [3.63, 3.8) is 0 Å². The number of amides is 4. The molecule has 0 aromatic heterocycles. The van der Waals surface area contributed by atoms with E-state index in [1.807, 2.05) is 63.2 Å². The first-order valence-electron chi connectivity index (χ1n) is 15.5. The molecule has 3 aromatic rings. The van der Waals surface area contributed by atoms with Gasteiger partial charge in [0, 0.05) is 36.3 Å². The van der Waals surface area contributed by atoms with E-state index in [-0.39, 0.29) is 43.8 Å². The number of rotatable bonds is 12. The van der Waals surface area contributed by atoms with Crippen molar-refractivity contribution >= 4 is 29.2 Å². The zero-order valence-corrected chi connectivity index (χ0v) is 26.8. The van der Waals surface area contributed by atoms with Gasteiger partial charge in [-0.3, -0.25) is 9.59 Å². The second-order valence-electron chi connectivity index (χ2n) is 12.5. The molecule has 1 aliphatic heterocycles. The zero-order valence-electron chi connectivity index (χ0n) is 26.8. The third-order valence-corrected chi connectivity index (χ3v) is 7.96. The number of hydrogen-bond donors (Lipinski definition) is 6. The molecule has 0 saturated heterocycles. The van der Waals surface area contributed by atoms with Crippen LogP contribution in [-0.2, 0) is 16.1 Å². The van der Waals surface area contributed by atoms with E-state index in [2.05, 4.69) is 21.3 Å². The highest BCUT2D eigenvalue weighted by atomic mass is 19.1. The lowest BCUT2D eigenvalue weighted by molar-refractivity contribution is -0.128. The molecule has 10 nitrogen and oxygen atoms in total. The molecule has 4 rings (SSSR count). The summed E-state index contributed by atoms with van der Waals surface area (Å²) in [5.74, 6) is -1.18. The lowest BCUT2D eigenvalue weighted by atomic mass is 9.93. The summed E-state index contributed by atoms with van der Waals surface area (Å²) in [6, 6.07) is 18.1. The van der Waals surface area contributed by atoms with Crippen molar-refractivity contribution in [3.05, 3.63) is 83.7 Å². The van der Waals surface area contributed by atoms with Crippen molar-refractivity contribution in [1.82, 2.24) is 16.0 Å². The summed E-state index contributed by atoms with van der Waals surface area (Å²) in [5.41, 5.74) is 3.75. The quantitative estimate of drug-likeness (QED) is 0.176. The van der Waals surface area contributed by atoms with Gasteiger partial charge in [-0.15, -0.1) is 0 Å². The van der Waals surface area contributed by atoms with E-state index in [0.29, 0.717) is 29.9 Å². The molecule has 3 unspecified atom stereocenters. The molecule has 0 aliphatic carbocycles. The Kier molecular flexibility index (Phi) is 11.5. The van der Waals surface area contributed by atoms with Gasteiger partial charge in [-0.1, -0.05) is 49.4 Å². The van der Waals surface area contributed by atoms with E-state index < -0.39 is 29.5 Å². The minimum atomic E-state index is -0.820. The van der Waals surface area contributed by atoms with Gasteiger partial charge < -0.3 is 36.4 Å². The van der Waals surface area contributed by atoms with E-state index in [1.54, 1.807) is 24.0 Å². The van der Waals surface area contributed by atoms with Gasteiger partial charge in [0.1, 0.15) is 11.9 Å². The Morgan fingerprint density at radius 1 is 1.09 bits per heavy atom. The molecule has 6 N–H and O–H groups in total. The van der Waals surface area contributed by atoms with Crippen LogP contribution in [0.2, 0.25) is 0 Å². The second kappa shape index (κ2) is 15.3. The first-order valence-corrected chi connectivity index (χ1v) is 15.5. The molecule has 1 aliphatic rings. The fourth-order valence-corrected chi connectivity index (χ4v) is 5.62. The summed E-state index contributed by atoms with van der Waals surface area (Å²) in [7, 11) is 0. The van der Waals surface area contributed by atoms with Gasteiger partial charge in [0.25, 0.3) is 0 Å². The SMILES string of the molecule is CC(O)CNC(C)(C)CC(=O)NC1CC(C)c2cc(F)ccc2N(Cc2ccc(-c3ccccc3NC(=O)NCCO)cc2)C1=O. The van der Waals surface area contributed by atoms with Gasteiger partial charge in [-0.25, -0.2) is 9.18 Å². The highest BCUT2D eigenvalue weighted by Crippen LogP contribution is 2.37. The largest absolute Gasteiger partial charge is 0.395 e. The van der Waals surface area contributed by atoms with Crippen LogP contribution in [0.4, 0.5) is 20.6 Å². The number of carbonyl (C=O) groups excluding carboxylic acids is 3. The molecule has 1 heterocycles. The maximum Gasteiger partial charge on any atom is 0.319 e. The minimum Gasteiger partial charge on any atom is -0.395 e. The summed E-state index contributed by atoms with van der Waals surface area (Å²) in [5, 5.41) is 30.1. The summed E-state index contributed by atoms with van der Waals surface area (Å²) in [4.78, 5) is 41.1. The van der Waals surface area contributed by atoms with Crippen LogP contribution in [0.3, 0.4) is 0 Å². The highest BCUT2D eigenvalue weighted by Gasteiger charge is 2.35. The number of β-amino-alcohol motifs (C(OH)–C–C–N with tert-alkyl or cyclic N) is 1. The molecular formula is C35H44FN5O5. The van der Waals surface area contributed by atoms with Gasteiger partial charge >= 0.3 is 6.03 Å². The number of anilines is 2. The van der Waals surface area contributed by atoms with Crippen LogP contribution in [0.15, 0.2) is 66.7 Å². The van der Waals surface area contributed by atoms with Gasteiger partial charge in [0.05, 0.1) is 24.9 Å². The fraction of sp³-hybridized carbons (Fsp3) is 0.400. The average Bonchev–Trinajstić information content (AvgIpc) is 3.09. The average molecular weight is 634 g/mol. The van der Waals surface area contributed by atoms with Gasteiger partial charge in [-0.05, 0) is 74.1 Å². The Bertz CT molecular complexity index is 1530. The molecular weight excluding hydrogens is 589 g/mol. The number of para-hydroxylation sites is 1. The fourth-order valence-electron chi connectivity index (χ4n) is 5.62. The lowest BCUT2D eigenvalue weighted by Gasteiger charge is -2.29. The van der Waals surface area contributed by atoms with E-state index in [9.17, 15) is 23.9 Å². The Morgan fingerprint density at radius 2 is 1.80 bits per heavy atom. The van der Waals surface area contributed by atoms with Crippen molar-refractivity contribution in [3.8, 4) is 11.1 Å². The van der Waals surface area contributed by atoms with Crippen LogP contribution < -0.4 is 26.2 Å². The van der Waals surface area contributed by atoms with Crippen molar-refractivity contribution in [2.24, 2.45) is 0 Å². The normalized spacial score (nSPS) is 17.1. The Morgan fingerprint density at radius 3 is 2.50 bits per heavy atom. The van der Waals surface area contributed by atoms with Gasteiger partial charge in [-0.2, -0.15) is 0 Å². The van der Waals surface area contributed by atoms with Gasteiger partial charge in [0.15, 0.2) is 0 Å². The molecule has 0 fully saturated rings. The first-order chi connectivity index (χ1) is 21.9. The number of carbonyl (C=O) groups is 3. The number of nitrogens with one attached hydrogen (secondary N) is 4. The van der Waals surface area contributed by atoms with Crippen LogP contribution in [0.25, 0.3) is 11.1 Å². The number of hydrogen-bond acceptors (Lipinski definition) is 6. The maximum absolute atomic E-state index is 14.4. The maximum atomic E-state index is 14.4. The Hall–Kier alpha value is -4.32. The Labute approximate surface area is 269 Å². The van der Waals surface area contributed by atoms with E-state index in [1.165, 1.54) is 12.1 Å². The van der Waals surface area contributed by atoms with Crippen LogP contribution in [0, 0.1) is 5.82 Å². The minimum absolute atomic E-state index is 0.0976. The van der Waals surface area contributed by atoms with Crippen molar-refractivity contribution in [2.45, 2.75) is 70.7 Å². The van der Waals surface area contributed by atoms with Crippen LogP contribution >= 0.6 is 0 Å². The molecule has 0 bridgehead atoms. The number of benzene rings is 3.